The normalized spacial score (nSPS) is 13.9. The van der Waals surface area contributed by atoms with Gasteiger partial charge in [0, 0.05) is 32.4 Å². The highest BCUT2D eigenvalue weighted by molar-refractivity contribution is 7.87. The maximum atomic E-state index is 12.4. The zero-order valence-corrected chi connectivity index (χ0v) is 14.3. The second-order valence-electron chi connectivity index (χ2n) is 5.66. The molecular formula is C15H15N3O6S. The standard InChI is InChI=1S/C15H15N3O6S/c1-17-8-12(14(20)18(2)15(17)21)25(22,23)24-10-4-5-11-9(7-10)3-6-13(19)16-11/h4-5,7-8H,3,6H2,1-2H3,(H,16,19). The minimum Gasteiger partial charge on any atom is -0.379 e. The Kier molecular flexibility index (Phi) is 3.99. The Bertz CT molecular complexity index is 1100. The molecule has 1 N–H and O–H groups in total. The highest BCUT2D eigenvalue weighted by Crippen LogP contribution is 2.28. The van der Waals surface area contributed by atoms with Crippen LogP contribution in [0.25, 0.3) is 0 Å². The van der Waals surface area contributed by atoms with Crippen molar-refractivity contribution >= 4 is 21.7 Å². The number of aromatic nitrogens is 2. The molecule has 3 rings (SSSR count). The zero-order valence-electron chi connectivity index (χ0n) is 13.5. The Hall–Kier alpha value is -2.88. The van der Waals surface area contributed by atoms with Crippen LogP contribution in [0.3, 0.4) is 0 Å². The average molecular weight is 365 g/mol. The average Bonchev–Trinajstić information content (AvgIpc) is 2.56. The summed E-state index contributed by atoms with van der Waals surface area (Å²) in [7, 11) is -1.90. The van der Waals surface area contributed by atoms with Gasteiger partial charge in [-0.3, -0.25) is 14.2 Å². The number of carbonyl (C=O) groups is 1. The van der Waals surface area contributed by atoms with Crippen LogP contribution in [0.5, 0.6) is 5.75 Å². The number of aryl methyl sites for hydroxylation is 2. The van der Waals surface area contributed by atoms with Gasteiger partial charge in [0.25, 0.3) is 5.56 Å². The van der Waals surface area contributed by atoms with Gasteiger partial charge in [0.1, 0.15) is 5.75 Å². The van der Waals surface area contributed by atoms with Gasteiger partial charge in [0.05, 0.1) is 0 Å². The first-order chi connectivity index (χ1) is 11.7. The molecule has 1 amide bonds. The summed E-state index contributed by atoms with van der Waals surface area (Å²) in [5.41, 5.74) is -0.276. The molecule has 10 heteroatoms. The van der Waals surface area contributed by atoms with Crippen molar-refractivity contribution in [2.45, 2.75) is 17.7 Å². The molecule has 9 nitrogen and oxygen atoms in total. The number of nitrogens with zero attached hydrogens (tertiary/aromatic N) is 2. The second-order valence-corrected chi connectivity index (χ2v) is 7.17. The molecule has 0 radical (unpaired) electrons. The highest BCUT2D eigenvalue weighted by atomic mass is 32.2. The topological polar surface area (TPSA) is 116 Å². The van der Waals surface area contributed by atoms with Crippen LogP contribution in [0.2, 0.25) is 0 Å². The molecule has 132 valence electrons. The summed E-state index contributed by atoms with van der Waals surface area (Å²) in [5, 5.41) is 2.68. The van der Waals surface area contributed by atoms with E-state index in [0.29, 0.717) is 23.1 Å². The van der Waals surface area contributed by atoms with Crippen molar-refractivity contribution in [2.24, 2.45) is 14.1 Å². The van der Waals surface area contributed by atoms with Crippen LogP contribution in [-0.2, 0) is 35.4 Å². The van der Waals surface area contributed by atoms with Gasteiger partial charge >= 0.3 is 15.8 Å². The lowest BCUT2D eigenvalue weighted by Crippen LogP contribution is -2.39. The van der Waals surface area contributed by atoms with E-state index < -0.39 is 26.3 Å². The van der Waals surface area contributed by atoms with E-state index in [1.165, 1.54) is 32.3 Å². The van der Waals surface area contributed by atoms with Gasteiger partial charge < -0.3 is 14.1 Å². The lowest BCUT2D eigenvalue weighted by Gasteiger charge is -2.17. The number of hydrogen-bond acceptors (Lipinski definition) is 6. The van der Waals surface area contributed by atoms with Crippen LogP contribution in [0.15, 0.2) is 38.9 Å². The molecular weight excluding hydrogens is 350 g/mol. The summed E-state index contributed by atoms with van der Waals surface area (Å²) < 4.78 is 31.6. The van der Waals surface area contributed by atoms with Crippen LogP contribution in [0.1, 0.15) is 12.0 Å². The largest absolute Gasteiger partial charge is 0.379 e. The van der Waals surface area contributed by atoms with Gasteiger partial charge in [0.2, 0.25) is 5.91 Å². The third-order valence-corrected chi connectivity index (χ3v) is 5.09. The minimum atomic E-state index is -4.42. The zero-order chi connectivity index (χ0) is 18.4. The van der Waals surface area contributed by atoms with E-state index in [0.717, 1.165) is 16.3 Å². The Balaban J connectivity index is 2.00. The summed E-state index contributed by atoms with van der Waals surface area (Å²) in [4.78, 5) is 34.5. The SMILES string of the molecule is Cn1cc(S(=O)(=O)Oc2ccc3c(c2)CCC(=O)N3)c(=O)n(C)c1=O. The van der Waals surface area contributed by atoms with Crippen LogP contribution in [0, 0.1) is 0 Å². The summed E-state index contributed by atoms with van der Waals surface area (Å²) in [6.45, 7) is 0. The fourth-order valence-corrected chi connectivity index (χ4v) is 3.61. The fraction of sp³-hybridized carbons (Fsp3) is 0.267. The molecule has 25 heavy (non-hydrogen) atoms. The van der Waals surface area contributed by atoms with Crippen molar-refractivity contribution in [1.82, 2.24) is 9.13 Å². The lowest BCUT2D eigenvalue weighted by molar-refractivity contribution is -0.116. The van der Waals surface area contributed by atoms with E-state index in [1.54, 1.807) is 0 Å². The molecule has 2 aromatic rings. The Morgan fingerprint density at radius 3 is 2.56 bits per heavy atom. The molecule has 0 aliphatic carbocycles. The van der Waals surface area contributed by atoms with E-state index in [4.69, 9.17) is 4.18 Å². The van der Waals surface area contributed by atoms with Crippen molar-refractivity contribution in [3.05, 3.63) is 50.8 Å². The van der Waals surface area contributed by atoms with Gasteiger partial charge in [0.15, 0.2) is 4.90 Å². The minimum absolute atomic E-state index is 0.0193. The molecule has 0 atom stereocenters. The summed E-state index contributed by atoms with van der Waals surface area (Å²) in [6, 6.07) is 4.42. The number of benzene rings is 1. The fourth-order valence-electron chi connectivity index (χ4n) is 2.53. The van der Waals surface area contributed by atoms with Crippen LogP contribution < -0.4 is 20.7 Å². The monoisotopic (exact) mass is 365 g/mol. The maximum absolute atomic E-state index is 12.4. The van der Waals surface area contributed by atoms with E-state index in [9.17, 15) is 22.8 Å². The molecule has 2 heterocycles. The lowest BCUT2D eigenvalue weighted by atomic mass is 10.0. The molecule has 0 saturated carbocycles. The van der Waals surface area contributed by atoms with Gasteiger partial charge in [-0.15, -0.1) is 0 Å². The maximum Gasteiger partial charge on any atom is 0.346 e. The molecule has 0 fully saturated rings. The quantitative estimate of drug-likeness (QED) is 0.749. The van der Waals surface area contributed by atoms with Gasteiger partial charge in [-0.25, -0.2) is 4.79 Å². The number of nitrogens with one attached hydrogen (secondary N) is 1. The first kappa shape index (κ1) is 17.0. The first-order valence-corrected chi connectivity index (χ1v) is 8.74. The number of fused-ring (bicyclic) bond motifs is 1. The molecule has 0 bridgehead atoms. The third kappa shape index (κ3) is 3.07. The van der Waals surface area contributed by atoms with E-state index in [-0.39, 0.29) is 11.7 Å². The van der Waals surface area contributed by atoms with Crippen molar-refractivity contribution in [2.75, 3.05) is 5.32 Å². The predicted molar refractivity (Wildman–Crippen MR) is 88.1 cm³/mol. The smallest absolute Gasteiger partial charge is 0.346 e. The Morgan fingerprint density at radius 2 is 1.84 bits per heavy atom. The van der Waals surface area contributed by atoms with Crippen molar-refractivity contribution < 1.29 is 17.4 Å². The molecule has 0 saturated heterocycles. The van der Waals surface area contributed by atoms with E-state index in [1.807, 2.05) is 0 Å². The summed E-state index contributed by atoms with van der Waals surface area (Å²) in [5.74, 6) is -0.0895. The van der Waals surface area contributed by atoms with Crippen LogP contribution in [-0.4, -0.2) is 23.5 Å². The summed E-state index contributed by atoms with van der Waals surface area (Å²) >= 11 is 0. The molecule has 0 spiro atoms. The van der Waals surface area contributed by atoms with Crippen molar-refractivity contribution in [3.63, 3.8) is 0 Å². The van der Waals surface area contributed by atoms with Crippen LogP contribution in [0.4, 0.5) is 5.69 Å². The molecule has 0 unspecified atom stereocenters. The number of amides is 1. The van der Waals surface area contributed by atoms with Crippen LogP contribution >= 0.6 is 0 Å². The number of anilines is 1. The first-order valence-electron chi connectivity index (χ1n) is 7.33. The van der Waals surface area contributed by atoms with E-state index >= 15 is 0 Å². The number of carbonyl (C=O) groups excluding carboxylic acids is 1. The molecule has 1 aliphatic rings. The molecule has 1 aromatic heterocycles. The Morgan fingerprint density at radius 1 is 1.12 bits per heavy atom. The van der Waals surface area contributed by atoms with Crippen molar-refractivity contribution in [3.8, 4) is 5.75 Å². The predicted octanol–water partition coefficient (Wildman–Crippen LogP) is -0.264. The van der Waals surface area contributed by atoms with Crippen molar-refractivity contribution in [1.29, 1.82) is 0 Å². The van der Waals surface area contributed by atoms with E-state index in [2.05, 4.69) is 5.32 Å². The number of rotatable bonds is 3. The number of hydrogen-bond donors (Lipinski definition) is 1. The molecule has 1 aromatic carbocycles. The highest BCUT2D eigenvalue weighted by Gasteiger charge is 2.24. The summed E-state index contributed by atoms with van der Waals surface area (Å²) in [6.07, 6.45) is 1.68. The second kappa shape index (κ2) is 5.88. The van der Waals surface area contributed by atoms with Gasteiger partial charge in [-0.1, -0.05) is 0 Å². The van der Waals surface area contributed by atoms with Gasteiger partial charge in [-0.05, 0) is 30.2 Å². The Labute approximate surface area is 142 Å². The van der Waals surface area contributed by atoms with Gasteiger partial charge in [-0.2, -0.15) is 8.42 Å². The molecule has 1 aliphatic heterocycles. The third-order valence-electron chi connectivity index (χ3n) is 3.86.